The van der Waals surface area contributed by atoms with Crippen LogP contribution in [0.5, 0.6) is 5.75 Å². The third-order valence-corrected chi connectivity index (χ3v) is 5.20. The Morgan fingerprint density at radius 2 is 1.45 bits per heavy atom. The Kier molecular flexibility index (Phi) is 6.96. The molecule has 0 bridgehead atoms. The molecule has 0 aliphatic heterocycles. The van der Waals surface area contributed by atoms with Gasteiger partial charge in [-0.15, -0.1) is 0 Å². The Morgan fingerprint density at radius 3 is 2.07 bits per heavy atom. The molecule has 0 aliphatic rings. The predicted octanol–water partition coefficient (Wildman–Crippen LogP) is 6.23. The molecule has 0 saturated carbocycles. The van der Waals surface area contributed by atoms with Crippen LogP contribution >= 0.6 is 0 Å². The molecule has 3 heteroatoms. The molecule has 1 atom stereocenters. The van der Waals surface area contributed by atoms with E-state index in [1.54, 1.807) is 36.4 Å². The Morgan fingerprint density at radius 1 is 0.828 bits per heavy atom. The molecule has 3 rings (SSSR count). The van der Waals surface area contributed by atoms with Crippen LogP contribution in [0.15, 0.2) is 78.9 Å². The zero-order valence-electron chi connectivity index (χ0n) is 16.9. The van der Waals surface area contributed by atoms with Crippen molar-refractivity contribution in [3.8, 4) is 5.75 Å². The molecule has 0 fully saturated rings. The molecule has 3 aromatic carbocycles. The van der Waals surface area contributed by atoms with E-state index in [9.17, 15) is 9.59 Å². The average molecular weight is 386 g/mol. The molecule has 0 aromatic heterocycles. The first-order valence-corrected chi connectivity index (χ1v) is 10.1. The van der Waals surface area contributed by atoms with Crippen molar-refractivity contribution in [2.45, 2.75) is 39.0 Å². The molecule has 3 aromatic rings. The largest absolute Gasteiger partial charge is 0.423 e. The molecule has 29 heavy (non-hydrogen) atoms. The summed E-state index contributed by atoms with van der Waals surface area (Å²) in [5, 5.41) is 0. The Hall–Kier alpha value is -3.20. The van der Waals surface area contributed by atoms with Gasteiger partial charge >= 0.3 is 5.97 Å². The van der Waals surface area contributed by atoms with E-state index >= 15 is 0 Å². The number of benzene rings is 3. The van der Waals surface area contributed by atoms with Gasteiger partial charge in [0.25, 0.3) is 0 Å². The van der Waals surface area contributed by atoms with Crippen molar-refractivity contribution in [1.29, 1.82) is 0 Å². The lowest BCUT2D eigenvalue weighted by Gasteiger charge is -2.09. The van der Waals surface area contributed by atoms with Gasteiger partial charge < -0.3 is 4.74 Å². The molecule has 0 N–H and O–H groups in total. The van der Waals surface area contributed by atoms with Gasteiger partial charge in [-0.3, -0.25) is 4.79 Å². The monoisotopic (exact) mass is 386 g/mol. The van der Waals surface area contributed by atoms with Crippen LogP contribution in [0.2, 0.25) is 0 Å². The normalized spacial score (nSPS) is 11.7. The smallest absolute Gasteiger partial charge is 0.343 e. The van der Waals surface area contributed by atoms with Crippen molar-refractivity contribution >= 4 is 11.8 Å². The third kappa shape index (κ3) is 5.64. The van der Waals surface area contributed by atoms with Gasteiger partial charge in [0, 0.05) is 12.0 Å². The number of Topliss-reactive ketones (excluding diaryl/α,β-unsaturated/α-hetero) is 1. The molecule has 0 spiro atoms. The lowest BCUT2D eigenvalue weighted by atomic mass is 9.96. The maximum absolute atomic E-state index is 12.5. The second-order valence-corrected chi connectivity index (χ2v) is 7.25. The Labute approximate surface area is 172 Å². The standard InChI is InChI=1S/C26H26O3/c1-3-19(2)21-12-9-20(10-13-21)11-18-25(27)22-14-16-23(17-15-22)26(28)29-24-7-5-4-6-8-24/h4-10,12-17,19H,3,11,18H2,1-2H3. The van der Waals surface area contributed by atoms with Gasteiger partial charge in [0.05, 0.1) is 5.56 Å². The summed E-state index contributed by atoms with van der Waals surface area (Å²) in [5.41, 5.74) is 3.53. The lowest BCUT2D eigenvalue weighted by Crippen LogP contribution is -2.09. The molecule has 3 nitrogen and oxygen atoms in total. The summed E-state index contributed by atoms with van der Waals surface area (Å²) < 4.78 is 5.32. The van der Waals surface area contributed by atoms with Crippen LogP contribution in [-0.2, 0) is 6.42 Å². The zero-order valence-corrected chi connectivity index (χ0v) is 16.9. The van der Waals surface area contributed by atoms with Crippen molar-refractivity contribution in [3.63, 3.8) is 0 Å². The molecule has 0 radical (unpaired) electrons. The van der Waals surface area contributed by atoms with Crippen LogP contribution in [0.25, 0.3) is 0 Å². The van der Waals surface area contributed by atoms with Gasteiger partial charge in [0.15, 0.2) is 5.78 Å². The summed E-state index contributed by atoms with van der Waals surface area (Å²) in [5.74, 6) is 0.686. The van der Waals surface area contributed by atoms with Crippen LogP contribution in [0.1, 0.15) is 64.4 Å². The maximum atomic E-state index is 12.5. The highest BCUT2D eigenvalue weighted by Gasteiger charge is 2.11. The first-order valence-electron chi connectivity index (χ1n) is 10.1. The number of rotatable bonds is 8. The highest BCUT2D eigenvalue weighted by Crippen LogP contribution is 2.20. The van der Waals surface area contributed by atoms with Crippen LogP contribution < -0.4 is 4.74 Å². The molecule has 0 saturated heterocycles. The number of hydrogen-bond donors (Lipinski definition) is 0. The summed E-state index contributed by atoms with van der Waals surface area (Å²) in [6.45, 7) is 4.40. The number of carbonyl (C=O) groups excluding carboxylic acids is 2. The number of carbonyl (C=O) groups is 2. The number of ether oxygens (including phenoxy) is 1. The van der Waals surface area contributed by atoms with Crippen molar-refractivity contribution in [2.75, 3.05) is 0 Å². The number of para-hydroxylation sites is 1. The van der Waals surface area contributed by atoms with Gasteiger partial charge in [-0.05, 0) is 54.2 Å². The highest BCUT2D eigenvalue weighted by molar-refractivity contribution is 5.98. The van der Waals surface area contributed by atoms with Crippen molar-refractivity contribution in [3.05, 3.63) is 101 Å². The molecule has 1 unspecified atom stereocenters. The van der Waals surface area contributed by atoms with Crippen molar-refractivity contribution < 1.29 is 14.3 Å². The van der Waals surface area contributed by atoms with E-state index in [1.807, 2.05) is 18.2 Å². The topological polar surface area (TPSA) is 43.4 Å². The number of esters is 1. The summed E-state index contributed by atoms with van der Waals surface area (Å²) in [7, 11) is 0. The Balaban J connectivity index is 1.55. The molecule has 0 heterocycles. The maximum Gasteiger partial charge on any atom is 0.343 e. The summed E-state index contributed by atoms with van der Waals surface area (Å²) in [4.78, 5) is 24.7. The van der Waals surface area contributed by atoms with E-state index in [0.29, 0.717) is 35.6 Å². The first-order chi connectivity index (χ1) is 14.1. The molecule has 0 amide bonds. The van der Waals surface area contributed by atoms with Gasteiger partial charge in [-0.25, -0.2) is 4.79 Å². The predicted molar refractivity (Wildman–Crippen MR) is 116 cm³/mol. The molecule has 0 aliphatic carbocycles. The first kappa shape index (κ1) is 20.5. The lowest BCUT2D eigenvalue weighted by molar-refractivity contribution is 0.0734. The summed E-state index contributed by atoms with van der Waals surface area (Å²) in [6.07, 6.45) is 2.26. The van der Waals surface area contributed by atoms with Crippen molar-refractivity contribution in [1.82, 2.24) is 0 Å². The molecule has 148 valence electrons. The van der Waals surface area contributed by atoms with E-state index < -0.39 is 5.97 Å². The number of ketones is 1. The van der Waals surface area contributed by atoms with Crippen LogP contribution in [-0.4, -0.2) is 11.8 Å². The highest BCUT2D eigenvalue weighted by atomic mass is 16.5. The zero-order chi connectivity index (χ0) is 20.6. The van der Waals surface area contributed by atoms with E-state index in [2.05, 4.69) is 38.1 Å². The average Bonchev–Trinajstić information content (AvgIpc) is 2.78. The fourth-order valence-electron chi connectivity index (χ4n) is 3.10. The number of hydrogen-bond acceptors (Lipinski definition) is 3. The summed E-state index contributed by atoms with van der Waals surface area (Å²) in [6, 6.07) is 24.1. The minimum atomic E-state index is -0.434. The number of aryl methyl sites for hydroxylation is 1. The fraction of sp³-hybridized carbons (Fsp3) is 0.231. The van der Waals surface area contributed by atoms with Crippen LogP contribution in [0.4, 0.5) is 0 Å². The minimum absolute atomic E-state index is 0.0685. The third-order valence-electron chi connectivity index (χ3n) is 5.20. The minimum Gasteiger partial charge on any atom is -0.423 e. The quantitative estimate of drug-likeness (QED) is 0.262. The molecular weight excluding hydrogens is 360 g/mol. The fourth-order valence-corrected chi connectivity index (χ4v) is 3.10. The Bertz CT molecular complexity index is 942. The van der Waals surface area contributed by atoms with Gasteiger partial charge in [0.2, 0.25) is 0 Å². The SMILES string of the molecule is CCC(C)c1ccc(CCC(=O)c2ccc(C(=O)Oc3ccccc3)cc2)cc1. The molecular formula is C26H26O3. The van der Waals surface area contributed by atoms with Gasteiger partial charge in [0.1, 0.15) is 5.75 Å². The van der Waals surface area contributed by atoms with E-state index in [0.717, 1.165) is 12.0 Å². The van der Waals surface area contributed by atoms with Gasteiger partial charge in [-0.1, -0.05) is 68.4 Å². The summed E-state index contributed by atoms with van der Waals surface area (Å²) >= 11 is 0. The van der Waals surface area contributed by atoms with Crippen molar-refractivity contribution in [2.24, 2.45) is 0 Å². The second kappa shape index (κ2) is 9.83. The van der Waals surface area contributed by atoms with E-state index in [1.165, 1.54) is 5.56 Å². The van der Waals surface area contributed by atoms with Crippen LogP contribution in [0.3, 0.4) is 0 Å². The van der Waals surface area contributed by atoms with Crippen LogP contribution in [0, 0.1) is 0 Å². The van der Waals surface area contributed by atoms with E-state index in [-0.39, 0.29) is 5.78 Å². The van der Waals surface area contributed by atoms with Gasteiger partial charge in [-0.2, -0.15) is 0 Å². The van der Waals surface area contributed by atoms with E-state index in [4.69, 9.17) is 4.74 Å². The second-order valence-electron chi connectivity index (χ2n) is 7.25.